The first-order valence-corrected chi connectivity index (χ1v) is 12.3. The van der Waals surface area contributed by atoms with Crippen LogP contribution in [0.25, 0.3) is 0 Å². The van der Waals surface area contributed by atoms with E-state index in [1.807, 2.05) is 34.7 Å². The number of carbonyl (C=O) groups excluding carboxylic acids is 2. The number of nitrogens with one attached hydrogen (secondary N) is 1. The van der Waals surface area contributed by atoms with Crippen molar-refractivity contribution in [2.75, 3.05) is 25.0 Å². The summed E-state index contributed by atoms with van der Waals surface area (Å²) in [7, 11) is 1.48. The lowest BCUT2D eigenvalue weighted by Crippen LogP contribution is -2.52. The zero-order chi connectivity index (χ0) is 26.2. The predicted octanol–water partition coefficient (Wildman–Crippen LogP) is 2.12. The number of nitrogens with zero attached hydrogens (tertiary/aromatic N) is 4. The SMILES string of the molecule is C[C@@H](NC(=O)OC(C)(C)C)C(=O)N1CCC(N(C)c2ncc(B3OC(C)(C)C(C)(C)O3)cn2)CC1. The minimum absolute atomic E-state index is 0.111. The molecule has 0 radical (unpaired) electrons. The molecule has 0 bridgehead atoms. The van der Waals surface area contributed by atoms with E-state index in [9.17, 15) is 9.59 Å². The van der Waals surface area contributed by atoms with Gasteiger partial charge in [0.15, 0.2) is 0 Å². The van der Waals surface area contributed by atoms with Crippen LogP contribution in [0.4, 0.5) is 10.7 Å². The predicted molar refractivity (Wildman–Crippen MR) is 135 cm³/mol. The topological polar surface area (TPSA) is 106 Å². The molecule has 11 heteroatoms. The average molecular weight is 489 g/mol. The second kappa shape index (κ2) is 9.93. The normalized spacial score (nSPS) is 20.9. The molecule has 35 heavy (non-hydrogen) atoms. The average Bonchev–Trinajstić information content (AvgIpc) is 2.98. The smallest absolute Gasteiger partial charge is 0.444 e. The van der Waals surface area contributed by atoms with E-state index in [4.69, 9.17) is 14.0 Å². The van der Waals surface area contributed by atoms with Crippen LogP contribution in [-0.2, 0) is 18.8 Å². The van der Waals surface area contributed by atoms with Crippen molar-refractivity contribution in [1.29, 1.82) is 0 Å². The summed E-state index contributed by atoms with van der Waals surface area (Å²) in [6.07, 6.45) is 4.48. The number of amides is 2. The second-order valence-electron chi connectivity index (χ2n) is 11.4. The third-order valence-electron chi connectivity index (χ3n) is 6.93. The zero-order valence-corrected chi connectivity index (χ0v) is 22.5. The summed E-state index contributed by atoms with van der Waals surface area (Å²) in [6.45, 7) is 16.3. The van der Waals surface area contributed by atoms with Crippen LogP contribution >= 0.6 is 0 Å². The molecule has 3 rings (SSSR count). The van der Waals surface area contributed by atoms with Gasteiger partial charge < -0.3 is 29.2 Å². The molecule has 10 nitrogen and oxygen atoms in total. The maximum atomic E-state index is 12.8. The number of rotatable bonds is 5. The summed E-state index contributed by atoms with van der Waals surface area (Å²) < 4.78 is 17.4. The molecular formula is C24H40BN5O5. The van der Waals surface area contributed by atoms with Crippen molar-refractivity contribution in [3.63, 3.8) is 0 Å². The first kappa shape index (κ1) is 27.2. The summed E-state index contributed by atoms with van der Waals surface area (Å²) in [6, 6.07) is -0.444. The third-order valence-corrected chi connectivity index (χ3v) is 6.93. The largest absolute Gasteiger partial charge is 0.498 e. The Morgan fingerprint density at radius 2 is 1.66 bits per heavy atom. The first-order chi connectivity index (χ1) is 16.1. The second-order valence-corrected chi connectivity index (χ2v) is 11.4. The highest BCUT2D eigenvalue weighted by Gasteiger charge is 2.52. The molecule has 1 aromatic heterocycles. The van der Waals surface area contributed by atoms with Gasteiger partial charge in [-0.3, -0.25) is 4.79 Å². The Hall–Kier alpha value is -2.40. The molecule has 0 aromatic carbocycles. The number of likely N-dealkylation sites (tertiary alicyclic amines) is 1. The molecule has 2 fully saturated rings. The number of alkyl carbamates (subject to hydrolysis) is 1. The summed E-state index contributed by atoms with van der Waals surface area (Å²) >= 11 is 0. The maximum absolute atomic E-state index is 12.8. The first-order valence-electron chi connectivity index (χ1n) is 12.3. The number of anilines is 1. The van der Waals surface area contributed by atoms with Crippen LogP contribution in [0.2, 0.25) is 0 Å². The number of aromatic nitrogens is 2. The monoisotopic (exact) mass is 489 g/mol. The molecule has 2 aliphatic rings. The molecule has 1 atom stereocenters. The summed E-state index contributed by atoms with van der Waals surface area (Å²) in [5.41, 5.74) is -0.662. The maximum Gasteiger partial charge on any atom is 0.498 e. The van der Waals surface area contributed by atoms with E-state index in [0.29, 0.717) is 19.0 Å². The van der Waals surface area contributed by atoms with Crippen molar-refractivity contribution in [3.8, 4) is 0 Å². The molecule has 194 valence electrons. The number of piperidine rings is 1. The Morgan fingerprint density at radius 1 is 1.14 bits per heavy atom. The van der Waals surface area contributed by atoms with E-state index in [2.05, 4.69) is 20.2 Å². The van der Waals surface area contributed by atoms with Gasteiger partial charge in [0.25, 0.3) is 0 Å². The third kappa shape index (κ3) is 6.44. The van der Waals surface area contributed by atoms with Gasteiger partial charge in [0.1, 0.15) is 11.6 Å². The molecule has 0 aliphatic carbocycles. The van der Waals surface area contributed by atoms with Gasteiger partial charge in [-0.15, -0.1) is 0 Å². The van der Waals surface area contributed by atoms with Crippen molar-refractivity contribution in [2.24, 2.45) is 0 Å². The quantitative estimate of drug-likeness (QED) is 0.627. The van der Waals surface area contributed by atoms with Gasteiger partial charge in [-0.25, -0.2) is 14.8 Å². The van der Waals surface area contributed by atoms with Gasteiger partial charge in [0.05, 0.1) is 11.2 Å². The molecule has 2 aliphatic heterocycles. The zero-order valence-electron chi connectivity index (χ0n) is 22.5. The minimum atomic E-state index is -0.648. The van der Waals surface area contributed by atoms with Gasteiger partial charge in [0.2, 0.25) is 11.9 Å². The van der Waals surface area contributed by atoms with Crippen LogP contribution < -0.4 is 15.7 Å². The number of hydrogen-bond acceptors (Lipinski definition) is 8. The van der Waals surface area contributed by atoms with E-state index in [1.54, 1.807) is 45.0 Å². The summed E-state index contributed by atoms with van der Waals surface area (Å²) in [5.74, 6) is 0.509. The number of ether oxygens (including phenoxy) is 1. The van der Waals surface area contributed by atoms with Crippen LogP contribution in [-0.4, -0.2) is 83.0 Å². The molecule has 0 spiro atoms. The minimum Gasteiger partial charge on any atom is -0.444 e. The fraction of sp³-hybridized carbons (Fsp3) is 0.750. The molecule has 3 heterocycles. The number of hydrogen-bond donors (Lipinski definition) is 1. The van der Waals surface area contributed by atoms with E-state index in [0.717, 1.165) is 18.3 Å². The van der Waals surface area contributed by atoms with Crippen molar-refractivity contribution >= 4 is 30.5 Å². The van der Waals surface area contributed by atoms with E-state index >= 15 is 0 Å². The summed E-state index contributed by atoms with van der Waals surface area (Å²) in [5, 5.41) is 2.63. The van der Waals surface area contributed by atoms with Crippen LogP contribution in [0.3, 0.4) is 0 Å². The van der Waals surface area contributed by atoms with Crippen LogP contribution in [0.5, 0.6) is 0 Å². The fourth-order valence-corrected chi connectivity index (χ4v) is 4.07. The van der Waals surface area contributed by atoms with Crippen molar-refractivity contribution < 1.29 is 23.6 Å². The van der Waals surface area contributed by atoms with Crippen molar-refractivity contribution in [3.05, 3.63) is 12.4 Å². The Labute approximate surface area is 209 Å². The van der Waals surface area contributed by atoms with Gasteiger partial charge in [-0.2, -0.15) is 0 Å². The van der Waals surface area contributed by atoms with E-state index in [-0.39, 0.29) is 11.9 Å². The summed E-state index contributed by atoms with van der Waals surface area (Å²) in [4.78, 5) is 37.7. The lowest BCUT2D eigenvalue weighted by atomic mass is 9.81. The van der Waals surface area contributed by atoms with Crippen molar-refractivity contribution in [1.82, 2.24) is 20.2 Å². The molecule has 2 amide bonds. The van der Waals surface area contributed by atoms with E-state index in [1.165, 1.54) is 0 Å². The van der Waals surface area contributed by atoms with Gasteiger partial charge in [-0.1, -0.05) is 0 Å². The highest BCUT2D eigenvalue weighted by molar-refractivity contribution is 6.61. The molecule has 1 N–H and O–H groups in total. The Bertz CT molecular complexity index is 894. The van der Waals surface area contributed by atoms with Crippen molar-refractivity contribution in [2.45, 2.75) is 97.1 Å². The standard InChI is InChI=1S/C24H40BN5O5/c1-16(28-21(32)33-22(2,3)4)19(31)30-12-10-18(11-13-30)29(9)20-26-14-17(15-27-20)25-34-23(5,6)24(7,8)35-25/h14-16,18H,10-13H2,1-9H3,(H,28,32)/t16-/m1/s1. The van der Waals surface area contributed by atoms with Gasteiger partial charge in [-0.05, 0) is 68.2 Å². The van der Waals surface area contributed by atoms with Crippen LogP contribution in [0.15, 0.2) is 12.4 Å². The molecule has 0 saturated carbocycles. The number of carbonyl (C=O) groups is 2. The van der Waals surface area contributed by atoms with Gasteiger partial charge >= 0.3 is 13.2 Å². The molecule has 0 unspecified atom stereocenters. The van der Waals surface area contributed by atoms with Crippen LogP contribution in [0.1, 0.15) is 68.2 Å². The highest BCUT2D eigenvalue weighted by atomic mass is 16.7. The fourth-order valence-electron chi connectivity index (χ4n) is 4.07. The van der Waals surface area contributed by atoms with E-state index < -0.39 is 36.1 Å². The lowest BCUT2D eigenvalue weighted by Gasteiger charge is -2.37. The molecular weight excluding hydrogens is 449 g/mol. The van der Waals surface area contributed by atoms with Crippen LogP contribution in [0, 0.1) is 0 Å². The Balaban J connectivity index is 1.51. The Morgan fingerprint density at radius 3 is 2.14 bits per heavy atom. The molecule has 2 saturated heterocycles. The molecule has 1 aromatic rings. The Kier molecular flexibility index (Phi) is 7.71. The lowest BCUT2D eigenvalue weighted by molar-refractivity contribution is -0.134. The van der Waals surface area contributed by atoms with Gasteiger partial charge in [0, 0.05) is 44.0 Å². The highest BCUT2D eigenvalue weighted by Crippen LogP contribution is 2.36.